The molecule has 0 bridgehead atoms. The Balaban J connectivity index is 1.22. The summed E-state index contributed by atoms with van der Waals surface area (Å²) >= 11 is 0. The van der Waals surface area contributed by atoms with Crippen molar-refractivity contribution in [2.24, 2.45) is 0 Å². The van der Waals surface area contributed by atoms with Crippen LogP contribution in [0.25, 0.3) is 16.8 Å². The van der Waals surface area contributed by atoms with Gasteiger partial charge in [0.2, 0.25) is 5.95 Å². The second-order valence-electron chi connectivity index (χ2n) is 9.81. The first kappa shape index (κ1) is 31.4. The normalized spacial score (nSPS) is 30.3. The number of phosphoric acid groups is 1. The highest BCUT2D eigenvalue weighted by Crippen LogP contribution is 2.50. The number of aliphatic hydroxyl groups excluding tert-OH is 3. The Kier molecular flexibility index (Phi) is 8.36. The van der Waals surface area contributed by atoms with Crippen LogP contribution in [0.2, 0.25) is 0 Å². The van der Waals surface area contributed by atoms with Gasteiger partial charge in [0.1, 0.15) is 43.0 Å². The molecule has 6 rings (SSSR count). The summed E-state index contributed by atoms with van der Waals surface area (Å²) in [4.78, 5) is 50.3. The van der Waals surface area contributed by atoms with E-state index in [1.165, 1.54) is 10.7 Å². The van der Waals surface area contributed by atoms with Crippen LogP contribution in [0.3, 0.4) is 0 Å². The summed E-state index contributed by atoms with van der Waals surface area (Å²) in [5.41, 5.74) is 10.7. The number of nitrogens with two attached hydrogens (primary N) is 2. The highest BCUT2D eigenvalue weighted by Gasteiger charge is 2.53. The van der Waals surface area contributed by atoms with Crippen LogP contribution in [-0.2, 0) is 32.2 Å². The Morgan fingerprint density at radius 3 is 2.62 bits per heavy atom. The fourth-order valence-corrected chi connectivity index (χ4v) is 6.49. The topological polar surface area (TPSA) is 340 Å². The lowest BCUT2D eigenvalue weighted by molar-refractivity contribution is -0.0546. The maximum absolute atomic E-state index is 13.1. The van der Waals surface area contributed by atoms with Gasteiger partial charge in [-0.3, -0.25) is 23.4 Å². The summed E-state index contributed by atoms with van der Waals surface area (Å²) < 4.78 is 53.7. The third kappa shape index (κ3) is 5.80. The van der Waals surface area contributed by atoms with E-state index in [9.17, 15) is 39.0 Å². The van der Waals surface area contributed by atoms with Crippen LogP contribution in [-0.4, -0.2) is 114 Å². The number of ether oxygens (including phenoxy) is 2. The zero-order valence-electron chi connectivity index (χ0n) is 22.4. The van der Waals surface area contributed by atoms with E-state index in [1.54, 1.807) is 0 Å². The molecule has 2 aliphatic rings. The number of H-pyrrole nitrogens is 1. The largest absolute Gasteiger partial charge is 0.695 e. The molecule has 10 atom stereocenters. The summed E-state index contributed by atoms with van der Waals surface area (Å²) in [5, 5.41) is 35.4. The van der Waals surface area contributed by atoms with Gasteiger partial charge in [0.25, 0.3) is 5.56 Å². The molecule has 6 heterocycles. The minimum atomic E-state index is -5.17. The fourth-order valence-electron chi connectivity index (χ4n) is 5.09. The van der Waals surface area contributed by atoms with Crippen molar-refractivity contribution in [2.75, 3.05) is 24.7 Å². The molecule has 0 amide bonds. The van der Waals surface area contributed by atoms with Crippen LogP contribution in [0.5, 0.6) is 0 Å². The number of imidazole rings is 2. The number of fused-ring (bicyclic) bond motifs is 2. The zero-order valence-corrected chi connectivity index (χ0v) is 24.2. The summed E-state index contributed by atoms with van der Waals surface area (Å²) in [6, 6.07) is 0. The molecule has 4 aromatic rings. The van der Waals surface area contributed by atoms with Gasteiger partial charge in [-0.15, -0.1) is 9.42 Å². The minimum Gasteiger partial charge on any atom is -0.394 e. The van der Waals surface area contributed by atoms with Gasteiger partial charge >= 0.3 is 16.1 Å². The van der Waals surface area contributed by atoms with E-state index in [0.29, 0.717) is 0 Å². The third-order valence-corrected chi connectivity index (χ3v) is 8.48. The number of hydrogen-bond donors (Lipinski definition) is 8. The van der Waals surface area contributed by atoms with E-state index in [-0.39, 0.29) is 34.3 Å². The number of nitrogens with one attached hydrogen (secondary N) is 1. The van der Waals surface area contributed by atoms with Crippen LogP contribution in [0.1, 0.15) is 18.0 Å². The van der Waals surface area contributed by atoms with Crippen molar-refractivity contribution in [3.05, 3.63) is 34.9 Å². The van der Waals surface area contributed by atoms with Crippen LogP contribution < -0.4 is 17.0 Å². The predicted octanol–water partition coefficient (Wildman–Crippen LogP) is -2.99. The first-order valence-electron chi connectivity index (χ1n) is 12.8. The molecule has 242 valence electrons. The number of nitrogens with zero attached hydrogens (tertiary/aromatic N) is 7. The molecular weight excluding hydrogens is 650 g/mol. The fraction of sp³-hybridized carbons (Fsp3) is 0.500. The van der Waals surface area contributed by atoms with Gasteiger partial charge < -0.3 is 41.2 Å². The number of phosphoric ester groups is 1. The van der Waals surface area contributed by atoms with E-state index in [1.807, 2.05) is 0 Å². The van der Waals surface area contributed by atoms with Crippen LogP contribution in [0.4, 0.5) is 11.8 Å². The van der Waals surface area contributed by atoms with Crippen LogP contribution >= 0.6 is 16.1 Å². The SMILES string of the molecule is Nc1nc2c(ncn2[C@@H]2O[C@H](CO)[C@@H](O)[C@H]2OP(=O)(O)OC[C@H]2O[C@@H](c3cnc4c(N)ncnn34)[C@H](O)[C@@H]2O[P+](=O)O)c(=O)[nH]1. The zero-order chi connectivity index (χ0) is 32.2. The van der Waals surface area contributed by atoms with Crippen molar-refractivity contribution >= 4 is 44.7 Å². The molecule has 2 aliphatic heterocycles. The summed E-state index contributed by atoms with van der Waals surface area (Å²) in [7, 11) is -8.46. The smallest absolute Gasteiger partial charge is 0.394 e. The molecule has 0 spiro atoms. The van der Waals surface area contributed by atoms with Crippen molar-refractivity contribution in [3.8, 4) is 0 Å². The lowest BCUT2D eigenvalue weighted by Gasteiger charge is -2.24. The Morgan fingerprint density at radius 2 is 1.89 bits per heavy atom. The molecule has 4 aromatic heterocycles. The van der Waals surface area contributed by atoms with Crippen molar-refractivity contribution in [1.82, 2.24) is 39.1 Å². The molecule has 23 nitrogen and oxygen atoms in total. The van der Waals surface area contributed by atoms with E-state index < -0.39 is 83.8 Å². The second kappa shape index (κ2) is 12.0. The van der Waals surface area contributed by atoms with Crippen LogP contribution in [0, 0.1) is 0 Å². The Labute approximate surface area is 249 Å². The molecule has 25 heteroatoms. The van der Waals surface area contributed by atoms with Gasteiger partial charge in [0.15, 0.2) is 35.0 Å². The average molecular weight is 675 g/mol. The third-order valence-electron chi connectivity index (χ3n) is 7.07. The monoisotopic (exact) mass is 675 g/mol. The maximum Gasteiger partial charge on any atom is 0.695 e. The van der Waals surface area contributed by atoms with E-state index in [2.05, 4.69) is 30.0 Å². The number of nitrogen functional groups attached to an aromatic ring is 2. The molecule has 2 unspecified atom stereocenters. The quantitative estimate of drug-likeness (QED) is 0.0777. The van der Waals surface area contributed by atoms with Gasteiger partial charge in [-0.1, -0.05) is 0 Å². The average Bonchev–Trinajstić information content (AvgIpc) is 3.73. The van der Waals surface area contributed by atoms with E-state index >= 15 is 0 Å². The van der Waals surface area contributed by atoms with Gasteiger partial charge in [0.05, 0.1) is 31.4 Å². The van der Waals surface area contributed by atoms with Crippen molar-refractivity contribution in [2.45, 2.75) is 49.0 Å². The predicted molar refractivity (Wildman–Crippen MR) is 144 cm³/mol. The summed E-state index contributed by atoms with van der Waals surface area (Å²) in [5.74, 6) is -0.263. The number of aromatic amines is 1. The lowest BCUT2D eigenvalue weighted by Crippen LogP contribution is -2.36. The van der Waals surface area contributed by atoms with Crippen molar-refractivity contribution < 1.29 is 57.3 Å². The molecule has 0 aromatic carbocycles. The van der Waals surface area contributed by atoms with Gasteiger partial charge in [-0.2, -0.15) is 10.1 Å². The maximum atomic E-state index is 13.1. The first-order valence-corrected chi connectivity index (χ1v) is 15.4. The number of rotatable bonds is 10. The number of aliphatic hydroxyl groups is 3. The lowest BCUT2D eigenvalue weighted by atomic mass is 10.1. The molecular formula is C20H25N10O13P2+. The van der Waals surface area contributed by atoms with Gasteiger partial charge in [-0.25, -0.2) is 24.0 Å². The number of anilines is 2. The highest BCUT2D eigenvalue weighted by molar-refractivity contribution is 7.47. The standard InChI is InChI=1S/C20H24N10O13P2/c21-15-17-23-1-6(30(17)26-4-24-15)12-11(33)13(42-44(35)36)8(40-12)3-39-45(37,38)43-14-10(32)7(2-31)41-19(14)29-5-25-9-16(29)27-20(22)28-18(9)34/h1,4-5,7-8,10-14,19,31-33H,2-3H2,(H6-,21,22,24,26,27,28,34,35,36,37,38)/p+1/t7-,8-,10-,11+,12+,13-,14-,19-/m1/s1. The Hall–Kier alpha value is -3.57. The molecule has 2 saturated heterocycles. The van der Waals surface area contributed by atoms with Gasteiger partial charge in [0, 0.05) is 4.57 Å². The molecule has 45 heavy (non-hydrogen) atoms. The van der Waals surface area contributed by atoms with Crippen molar-refractivity contribution in [1.29, 1.82) is 0 Å². The molecule has 2 fully saturated rings. The van der Waals surface area contributed by atoms with Crippen LogP contribution in [0.15, 0.2) is 23.6 Å². The molecule has 0 aliphatic carbocycles. The van der Waals surface area contributed by atoms with E-state index in [4.69, 9.17) is 34.5 Å². The Bertz CT molecular complexity index is 1850. The summed E-state index contributed by atoms with van der Waals surface area (Å²) in [6.45, 7) is -1.58. The van der Waals surface area contributed by atoms with Gasteiger partial charge in [-0.05, 0) is 0 Å². The first-order chi connectivity index (χ1) is 21.4. The number of aromatic nitrogens is 8. The summed E-state index contributed by atoms with van der Waals surface area (Å²) in [6.07, 6.45) is -8.62. The number of hydrogen-bond acceptors (Lipinski definition) is 18. The van der Waals surface area contributed by atoms with Crippen molar-refractivity contribution in [3.63, 3.8) is 0 Å². The molecule has 10 N–H and O–H groups in total. The minimum absolute atomic E-state index is 0.0165. The highest BCUT2D eigenvalue weighted by atomic mass is 31.2. The van der Waals surface area contributed by atoms with E-state index in [0.717, 1.165) is 17.2 Å². The molecule has 0 radical (unpaired) electrons. The second-order valence-corrected chi connectivity index (χ2v) is 11.9. The Morgan fingerprint density at radius 1 is 1.11 bits per heavy atom. The molecule has 0 saturated carbocycles.